The van der Waals surface area contributed by atoms with E-state index in [0.717, 1.165) is 17.1 Å². The molecular formula is C17H18BrN5O4S2. The van der Waals surface area contributed by atoms with Gasteiger partial charge >= 0.3 is 0 Å². The number of halogens is 1. The zero-order chi connectivity index (χ0) is 21.0. The van der Waals surface area contributed by atoms with E-state index in [0.29, 0.717) is 15.2 Å². The number of nitrogens with zero attached hydrogens (tertiary/aromatic N) is 3. The second kappa shape index (κ2) is 9.03. The summed E-state index contributed by atoms with van der Waals surface area (Å²) in [5.41, 5.74) is 0.752. The molecule has 1 unspecified atom stereocenters. The van der Waals surface area contributed by atoms with E-state index in [-0.39, 0.29) is 11.4 Å². The van der Waals surface area contributed by atoms with E-state index >= 15 is 0 Å². The van der Waals surface area contributed by atoms with Crippen molar-refractivity contribution in [2.24, 2.45) is 7.05 Å². The van der Waals surface area contributed by atoms with Crippen LogP contribution in [0.1, 0.15) is 21.3 Å². The second-order valence-electron chi connectivity index (χ2n) is 5.97. The molecule has 3 aromatic rings. The number of amides is 1. The van der Waals surface area contributed by atoms with Gasteiger partial charge in [0.2, 0.25) is 15.9 Å². The summed E-state index contributed by atoms with van der Waals surface area (Å²) in [6.07, 6.45) is 2.66. The molecule has 0 bridgehead atoms. The summed E-state index contributed by atoms with van der Waals surface area (Å²) in [6, 6.07) is 8.49. The van der Waals surface area contributed by atoms with Crippen molar-refractivity contribution in [3.05, 3.63) is 57.6 Å². The molecule has 0 saturated carbocycles. The molecule has 0 spiro atoms. The van der Waals surface area contributed by atoms with Crippen molar-refractivity contribution < 1.29 is 17.9 Å². The van der Waals surface area contributed by atoms with Crippen molar-refractivity contribution in [3.63, 3.8) is 0 Å². The van der Waals surface area contributed by atoms with Crippen LogP contribution in [0.4, 0.5) is 0 Å². The third-order valence-electron chi connectivity index (χ3n) is 3.98. The maximum Gasteiger partial charge on any atom is 0.264 e. The quantitative estimate of drug-likeness (QED) is 0.490. The standard InChI is InChI=1S/C17H18BrN5O4S2/c1-23-10-12(8-19-23)29(25,26)20-9-13(11-6-4-3-5-7-11)21-16(24)15-14(18)17(27-2)22-28-15/h3-8,10,13,20H,9H2,1-2H3,(H,21,24). The van der Waals surface area contributed by atoms with Gasteiger partial charge in [-0.15, -0.1) is 0 Å². The van der Waals surface area contributed by atoms with E-state index < -0.39 is 22.0 Å². The second-order valence-corrected chi connectivity index (χ2v) is 9.31. The predicted molar refractivity (Wildman–Crippen MR) is 111 cm³/mol. The van der Waals surface area contributed by atoms with Gasteiger partial charge in [-0.3, -0.25) is 9.48 Å². The fourth-order valence-corrected chi connectivity index (χ4v) is 4.95. The van der Waals surface area contributed by atoms with E-state index in [1.54, 1.807) is 7.05 Å². The zero-order valence-corrected chi connectivity index (χ0v) is 18.7. The third kappa shape index (κ3) is 5.01. The number of benzene rings is 1. The van der Waals surface area contributed by atoms with Gasteiger partial charge in [-0.2, -0.15) is 9.47 Å². The number of nitrogens with one attached hydrogen (secondary N) is 2. The van der Waals surface area contributed by atoms with Crippen molar-refractivity contribution in [1.29, 1.82) is 0 Å². The van der Waals surface area contributed by atoms with Crippen LogP contribution in [-0.2, 0) is 17.1 Å². The minimum Gasteiger partial charge on any atom is -0.480 e. The smallest absolute Gasteiger partial charge is 0.264 e. The molecule has 154 valence electrons. The molecule has 2 N–H and O–H groups in total. The first-order valence-electron chi connectivity index (χ1n) is 8.35. The normalized spacial score (nSPS) is 12.5. The van der Waals surface area contributed by atoms with Gasteiger partial charge in [0.15, 0.2) is 0 Å². The number of hydrogen-bond donors (Lipinski definition) is 2. The highest BCUT2D eigenvalue weighted by atomic mass is 79.9. The Labute approximate surface area is 180 Å². The van der Waals surface area contributed by atoms with Gasteiger partial charge < -0.3 is 10.1 Å². The molecule has 1 amide bonds. The Morgan fingerprint density at radius 1 is 1.34 bits per heavy atom. The lowest BCUT2D eigenvalue weighted by molar-refractivity contribution is 0.0940. The lowest BCUT2D eigenvalue weighted by Crippen LogP contribution is -2.37. The molecule has 2 aromatic heterocycles. The number of carbonyl (C=O) groups is 1. The Morgan fingerprint density at radius 2 is 2.07 bits per heavy atom. The van der Waals surface area contributed by atoms with E-state index in [4.69, 9.17) is 4.74 Å². The van der Waals surface area contributed by atoms with Crippen LogP contribution >= 0.6 is 27.5 Å². The van der Waals surface area contributed by atoms with Crippen LogP contribution in [0.2, 0.25) is 0 Å². The number of ether oxygens (including phenoxy) is 1. The van der Waals surface area contributed by atoms with Crippen LogP contribution in [0.3, 0.4) is 0 Å². The topological polar surface area (TPSA) is 115 Å². The van der Waals surface area contributed by atoms with Gasteiger partial charge in [-0.25, -0.2) is 13.1 Å². The number of aromatic nitrogens is 3. The molecule has 2 heterocycles. The van der Waals surface area contributed by atoms with Crippen molar-refractivity contribution in [2.45, 2.75) is 10.9 Å². The molecule has 0 aliphatic heterocycles. The zero-order valence-electron chi connectivity index (χ0n) is 15.5. The Morgan fingerprint density at radius 3 is 2.66 bits per heavy atom. The Balaban J connectivity index is 1.80. The fraction of sp³-hybridized carbons (Fsp3) is 0.235. The molecule has 9 nitrogen and oxygen atoms in total. The fourth-order valence-electron chi connectivity index (χ4n) is 2.51. The van der Waals surface area contributed by atoms with Gasteiger partial charge in [-0.1, -0.05) is 30.3 Å². The Bertz CT molecular complexity index is 1100. The summed E-state index contributed by atoms with van der Waals surface area (Å²) in [7, 11) is -0.683. The monoisotopic (exact) mass is 499 g/mol. The summed E-state index contributed by atoms with van der Waals surface area (Å²) in [4.78, 5) is 13.1. The van der Waals surface area contributed by atoms with Crippen LogP contribution in [0.5, 0.6) is 5.88 Å². The molecule has 1 aromatic carbocycles. The molecule has 0 aliphatic carbocycles. The minimum absolute atomic E-state index is 0.0411. The molecule has 0 saturated heterocycles. The van der Waals surface area contributed by atoms with Crippen molar-refractivity contribution in [2.75, 3.05) is 13.7 Å². The molecule has 29 heavy (non-hydrogen) atoms. The SMILES string of the molecule is COc1nsc(C(=O)NC(CNS(=O)(=O)c2cnn(C)c2)c2ccccc2)c1Br. The summed E-state index contributed by atoms with van der Waals surface area (Å²) in [5, 5.41) is 6.74. The van der Waals surface area contributed by atoms with Gasteiger partial charge in [0.25, 0.3) is 5.91 Å². The molecule has 0 radical (unpaired) electrons. The maximum atomic E-state index is 12.8. The summed E-state index contributed by atoms with van der Waals surface area (Å²) in [5.74, 6) is -0.0826. The van der Waals surface area contributed by atoms with Crippen molar-refractivity contribution in [1.82, 2.24) is 24.2 Å². The summed E-state index contributed by atoms with van der Waals surface area (Å²) < 4.78 is 38.6. The lowest BCUT2D eigenvalue weighted by Gasteiger charge is -2.19. The molecule has 0 aliphatic rings. The average Bonchev–Trinajstić information content (AvgIpc) is 3.31. The summed E-state index contributed by atoms with van der Waals surface area (Å²) in [6.45, 7) is -0.0411. The van der Waals surface area contributed by atoms with Gasteiger partial charge in [-0.05, 0) is 33.0 Å². The molecule has 12 heteroatoms. The number of hydrogen-bond acceptors (Lipinski definition) is 7. The molecular weight excluding hydrogens is 482 g/mol. The number of aryl methyl sites for hydroxylation is 1. The largest absolute Gasteiger partial charge is 0.480 e. The number of sulfonamides is 1. The highest BCUT2D eigenvalue weighted by Gasteiger charge is 2.24. The van der Waals surface area contributed by atoms with E-state index in [2.05, 4.69) is 35.4 Å². The molecule has 1 atom stereocenters. The minimum atomic E-state index is -3.77. The van der Waals surface area contributed by atoms with Crippen molar-refractivity contribution >= 4 is 43.4 Å². The van der Waals surface area contributed by atoms with Gasteiger partial charge in [0.1, 0.15) is 14.2 Å². The van der Waals surface area contributed by atoms with E-state index in [1.807, 2.05) is 30.3 Å². The van der Waals surface area contributed by atoms with Gasteiger partial charge in [0, 0.05) is 19.8 Å². The highest BCUT2D eigenvalue weighted by Crippen LogP contribution is 2.31. The van der Waals surface area contributed by atoms with Gasteiger partial charge in [0.05, 0.1) is 19.3 Å². The van der Waals surface area contributed by atoms with Crippen LogP contribution < -0.4 is 14.8 Å². The number of methoxy groups -OCH3 is 1. The number of rotatable bonds is 8. The Kier molecular flexibility index (Phi) is 6.67. The molecule has 0 fully saturated rings. The maximum absolute atomic E-state index is 12.8. The average molecular weight is 500 g/mol. The van der Waals surface area contributed by atoms with E-state index in [1.165, 1.54) is 24.2 Å². The van der Waals surface area contributed by atoms with Crippen LogP contribution in [0.15, 0.2) is 52.1 Å². The van der Waals surface area contributed by atoms with Crippen molar-refractivity contribution in [3.8, 4) is 5.88 Å². The predicted octanol–water partition coefficient (Wildman–Crippen LogP) is 2.10. The lowest BCUT2D eigenvalue weighted by atomic mass is 10.1. The first-order chi connectivity index (χ1) is 13.8. The molecule has 3 rings (SSSR count). The van der Waals surface area contributed by atoms with E-state index in [9.17, 15) is 13.2 Å². The highest BCUT2D eigenvalue weighted by molar-refractivity contribution is 9.10. The van der Waals surface area contributed by atoms with Crippen LogP contribution in [-0.4, -0.2) is 42.1 Å². The Hall–Kier alpha value is -2.28. The first-order valence-corrected chi connectivity index (χ1v) is 11.4. The van der Waals surface area contributed by atoms with Crippen LogP contribution in [0.25, 0.3) is 0 Å². The first kappa shape index (κ1) is 21.4. The third-order valence-corrected chi connectivity index (χ3v) is 7.19. The van der Waals surface area contributed by atoms with Crippen LogP contribution in [0, 0.1) is 0 Å². The summed E-state index contributed by atoms with van der Waals surface area (Å²) >= 11 is 4.29. The number of carbonyl (C=O) groups excluding carboxylic acids is 1.